The van der Waals surface area contributed by atoms with E-state index >= 15 is 0 Å². The van der Waals surface area contributed by atoms with E-state index in [1.54, 1.807) is 25.6 Å². The maximum absolute atomic E-state index is 13.2. The van der Waals surface area contributed by atoms with Gasteiger partial charge in [-0.2, -0.15) is 0 Å². The molecule has 1 N–H and O–H groups in total. The molecular weight excluding hydrogens is 360 g/mol. The van der Waals surface area contributed by atoms with Crippen molar-refractivity contribution in [3.05, 3.63) is 83.3 Å². The van der Waals surface area contributed by atoms with Crippen LogP contribution in [0, 0.1) is 6.92 Å². The molecule has 1 unspecified atom stereocenters. The second-order valence-corrected chi connectivity index (χ2v) is 8.78. The second-order valence-electron chi connectivity index (χ2n) is 6.84. The first kappa shape index (κ1) is 17.8. The predicted molar refractivity (Wildman–Crippen MR) is 105 cm³/mol. The maximum Gasteiger partial charge on any atom is 0.264 e. The Bertz CT molecular complexity index is 1060. The highest BCUT2D eigenvalue weighted by molar-refractivity contribution is 7.92. The van der Waals surface area contributed by atoms with Crippen LogP contribution in [0.2, 0.25) is 0 Å². The summed E-state index contributed by atoms with van der Waals surface area (Å²) in [5, 5.41) is 3.56. The summed E-state index contributed by atoms with van der Waals surface area (Å²) in [6.45, 7) is 2.62. The van der Waals surface area contributed by atoms with Crippen LogP contribution >= 0.6 is 0 Å². The molecule has 0 amide bonds. The third kappa shape index (κ3) is 3.15. The molecule has 0 spiro atoms. The van der Waals surface area contributed by atoms with Gasteiger partial charge < -0.3 is 9.73 Å². The minimum Gasteiger partial charge on any atom is -0.472 e. The lowest BCUT2D eigenvalue weighted by molar-refractivity contribution is 0.558. The molecule has 6 heteroatoms. The van der Waals surface area contributed by atoms with Gasteiger partial charge in [-0.15, -0.1) is 0 Å². The third-order valence-electron chi connectivity index (χ3n) is 5.05. The normalized spacial score (nSPS) is 17.9. The van der Waals surface area contributed by atoms with Crippen LogP contribution in [-0.2, 0) is 16.4 Å². The number of para-hydroxylation sites is 1. The van der Waals surface area contributed by atoms with Crippen molar-refractivity contribution in [1.29, 1.82) is 0 Å². The van der Waals surface area contributed by atoms with Gasteiger partial charge in [-0.25, -0.2) is 8.42 Å². The summed E-state index contributed by atoms with van der Waals surface area (Å²) < 4.78 is 33.0. The number of anilines is 1. The number of nitrogens with one attached hydrogen (secondary N) is 1. The van der Waals surface area contributed by atoms with E-state index in [9.17, 15) is 8.42 Å². The molecule has 0 saturated carbocycles. The van der Waals surface area contributed by atoms with Gasteiger partial charge in [0.25, 0.3) is 10.0 Å². The van der Waals surface area contributed by atoms with Crippen LogP contribution < -0.4 is 9.62 Å². The third-order valence-corrected chi connectivity index (χ3v) is 6.87. The van der Waals surface area contributed by atoms with Gasteiger partial charge in [0.2, 0.25) is 0 Å². The summed E-state index contributed by atoms with van der Waals surface area (Å²) >= 11 is 0. The molecule has 0 radical (unpaired) electrons. The molecule has 1 aliphatic heterocycles. The Kier molecular flexibility index (Phi) is 4.53. The van der Waals surface area contributed by atoms with E-state index < -0.39 is 10.0 Å². The summed E-state index contributed by atoms with van der Waals surface area (Å²) in [6.07, 6.45) is 4.20. The first-order valence-electron chi connectivity index (χ1n) is 8.91. The van der Waals surface area contributed by atoms with E-state index in [4.69, 9.17) is 4.42 Å². The quantitative estimate of drug-likeness (QED) is 0.748. The molecular formula is C21H22N2O3S. The summed E-state index contributed by atoms with van der Waals surface area (Å²) in [4.78, 5) is 0.363. The molecule has 27 heavy (non-hydrogen) atoms. The van der Waals surface area contributed by atoms with Gasteiger partial charge in [0, 0.05) is 13.6 Å². The molecule has 0 bridgehead atoms. The fraction of sp³-hybridized carbons (Fsp3) is 0.238. The fourth-order valence-corrected chi connectivity index (χ4v) is 5.12. The van der Waals surface area contributed by atoms with Crippen LogP contribution in [0.4, 0.5) is 5.69 Å². The molecule has 1 aliphatic rings. The topological polar surface area (TPSA) is 62.6 Å². The van der Waals surface area contributed by atoms with Crippen LogP contribution in [0.15, 0.2) is 70.4 Å². The highest BCUT2D eigenvalue weighted by Gasteiger charge is 2.34. The summed E-state index contributed by atoms with van der Waals surface area (Å²) in [6, 6.07) is 15.1. The van der Waals surface area contributed by atoms with E-state index in [0.29, 0.717) is 17.1 Å². The molecule has 5 nitrogen and oxygen atoms in total. The number of fused-ring (bicyclic) bond motifs is 2. The summed E-state index contributed by atoms with van der Waals surface area (Å²) in [5.41, 5.74) is 4.47. The first-order chi connectivity index (χ1) is 13.0. The molecule has 1 aromatic heterocycles. The average Bonchev–Trinajstić information content (AvgIpc) is 3.16. The van der Waals surface area contributed by atoms with Crippen molar-refractivity contribution >= 4 is 15.7 Å². The number of sulfonamides is 1. The van der Waals surface area contributed by atoms with Crippen molar-refractivity contribution in [2.45, 2.75) is 24.3 Å². The van der Waals surface area contributed by atoms with Crippen LogP contribution in [-0.4, -0.2) is 22.0 Å². The number of rotatable bonds is 4. The highest BCUT2D eigenvalue weighted by Crippen LogP contribution is 2.40. The molecule has 4 rings (SSSR count). The zero-order chi connectivity index (χ0) is 19.0. The van der Waals surface area contributed by atoms with Crippen molar-refractivity contribution < 1.29 is 12.8 Å². The van der Waals surface area contributed by atoms with Gasteiger partial charge in [-0.3, -0.25) is 4.31 Å². The fourth-order valence-electron chi connectivity index (χ4n) is 3.58. The molecule has 0 saturated heterocycles. The largest absolute Gasteiger partial charge is 0.472 e. The number of furan rings is 1. The van der Waals surface area contributed by atoms with Crippen molar-refractivity contribution in [3.8, 4) is 0 Å². The lowest BCUT2D eigenvalue weighted by atomic mass is 9.96. The SMILES string of the molecule is Cc1ccc2c(c1)S(=O)(=O)N(C)c1ccccc1C2NCCc1ccoc1. The number of aryl methyl sites for hydroxylation is 1. The summed E-state index contributed by atoms with van der Waals surface area (Å²) in [7, 11) is -2.00. The number of nitrogens with zero attached hydrogens (tertiary/aromatic N) is 1. The Morgan fingerprint density at radius 1 is 1.11 bits per heavy atom. The Hall–Kier alpha value is -2.57. The molecule has 0 aliphatic carbocycles. The van der Waals surface area contributed by atoms with E-state index in [-0.39, 0.29) is 6.04 Å². The predicted octanol–water partition coefficient (Wildman–Crippen LogP) is 3.65. The van der Waals surface area contributed by atoms with Gasteiger partial charge in [-0.05, 0) is 53.8 Å². The molecule has 3 aromatic rings. The number of benzene rings is 2. The van der Waals surface area contributed by atoms with Gasteiger partial charge >= 0.3 is 0 Å². The highest BCUT2D eigenvalue weighted by atomic mass is 32.2. The number of hydrogen-bond acceptors (Lipinski definition) is 4. The van der Waals surface area contributed by atoms with Crippen LogP contribution in [0.25, 0.3) is 0 Å². The van der Waals surface area contributed by atoms with Crippen LogP contribution in [0.1, 0.15) is 28.3 Å². The molecule has 2 aromatic carbocycles. The lowest BCUT2D eigenvalue weighted by Gasteiger charge is -2.22. The first-order valence-corrected chi connectivity index (χ1v) is 10.4. The smallest absolute Gasteiger partial charge is 0.264 e. The van der Waals surface area contributed by atoms with Gasteiger partial charge in [0.1, 0.15) is 0 Å². The van der Waals surface area contributed by atoms with Gasteiger partial charge in [0.15, 0.2) is 0 Å². The minimum absolute atomic E-state index is 0.205. The van der Waals surface area contributed by atoms with Crippen molar-refractivity contribution in [1.82, 2.24) is 5.32 Å². The van der Waals surface area contributed by atoms with Crippen molar-refractivity contribution in [2.75, 3.05) is 17.9 Å². The van der Waals surface area contributed by atoms with E-state index in [1.165, 1.54) is 4.31 Å². The molecule has 1 atom stereocenters. The summed E-state index contributed by atoms with van der Waals surface area (Å²) in [5.74, 6) is 0. The van der Waals surface area contributed by atoms with Crippen LogP contribution in [0.5, 0.6) is 0 Å². The molecule has 2 heterocycles. The van der Waals surface area contributed by atoms with Crippen LogP contribution in [0.3, 0.4) is 0 Å². The zero-order valence-corrected chi connectivity index (χ0v) is 16.2. The van der Waals surface area contributed by atoms with Gasteiger partial charge in [0.05, 0.1) is 29.2 Å². The van der Waals surface area contributed by atoms with Gasteiger partial charge in [-0.1, -0.05) is 30.3 Å². The number of hydrogen-bond donors (Lipinski definition) is 1. The Balaban J connectivity index is 1.80. The standard InChI is InChI=1S/C21H22N2O3S/c1-15-7-8-18-20(13-15)27(24,25)23(2)19-6-4-3-5-17(19)21(18)22-11-9-16-10-12-26-14-16/h3-8,10,12-14,21-22H,9,11H2,1-2H3. The van der Waals surface area contributed by atoms with Crippen molar-refractivity contribution in [3.63, 3.8) is 0 Å². The monoisotopic (exact) mass is 382 g/mol. The molecule has 0 fully saturated rings. The van der Waals surface area contributed by atoms with E-state index in [0.717, 1.165) is 28.7 Å². The molecule has 140 valence electrons. The Morgan fingerprint density at radius 2 is 1.93 bits per heavy atom. The van der Waals surface area contributed by atoms with E-state index in [1.807, 2.05) is 49.4 Å². The maximum atomic E-state index is 13.2. The van der Waals surface area contributed by atoms with E-state index in [2.05, 4.69) is 5.32 Å². The lowest BCUT2D eigenvalue weighted by Crippen LogP contribution is -2.26. The Labute approximate surface area is 159 Å². The van der Waals surface area contributed by atoms with Crippen molar-refractivity contribution in [2.24, 2.45) is 0 Å². The average molecular weight is 382 g/mol. The zero-order valence-electron chi connectivity index (χ0n) is 15.3. The second kappa shape index (κ2) is 6.87. The Morgan fingerprint density at radius 3 is 2.70 bits per heavy atom. The minimum atomic E-state index is -3.62.